The normalized spacial score (nSPS) is 10.3. The Bertz CT molecular complexity index is 650. The Morgan fingerprint density at radius 3 is 2.48 bits per heavy atom. The van der Waals surface area contributed by atoms with Gasteiger partial charge in [-0.1, -0.05) is 39.7 Å². The van der Waals surface area contributed by atoms with Gasteiger partial charge in [-0.05, 0) is 49.2 Å². The Kier molecular flexibility index (Phi) is 5.26. The van der Waals surface area contributed by atoms with E-state index in [9.17, 15) is 4.79 Å². The number of nitrogens with one attached hydrogen (secondary N) is 1. The molecule has 0 atom stereocenters. The van der Waals surface area contributed by atoms with Crippen LogP contribution in [-0.4, -0.2) is 12.5 Å². The highest BCUT2D eigenvalue weighted by atomic mass is 79.9. The summed E-state index contributed by atoms with van der Waals surface area (Å²) in [6.45, 7) is 3.83. The van der Waals surface area contributed by atoms with E-state index in [1.165, 1.54) is 0 Å². The van der Waals surface area contributed by atoms with E-state index < -0.39 is 0 Å². The van der Waals surface area contributed by atoms with Crippen LogP contribution in [0.3, 0.4) is 0 Å². The number of hydrogen-bond donors (Lipinski definition) is 1. The van der Waals surface area contributed by atoms with Gasteiger partial charge in [0, 0.05) is 4.47 Å². The zero-order valence-electron chi connectivity index (χ0n) is 11.7. The second-order valence-electron chi connectivity index (χ2n) is 4.69. The summed E-state index contributed by atoms with van der Waals surface area (Å²) in [6, 6.07) is 11.0. The van der Waals surface area contributed by atoms with Crippen LogP contribution in [0.15, 0.2) is 40.9 Å². The van der Waals surface area contributed by atoms with Gasteiger partial charge in [0.25, 0.3) is 5.91 Å². The number of benzene rings is 2. The van der Waals surface area contributed by atoms with Crippen molar-refractivity contribution in [2.24, 2.45) is 0 Å². The second-order valence-corrected chi connectivity index (χ2v) is 6.01. The van der Waals surface area contributed by atoms with Crippen LogP contribution < -0.4 is 10.1 Å². The molecule has 1 amide bonds. The molecule has 0 saturated carbocycles. The molecule has 2 aromatic rings. The summed E-state index contributed by atoms with van der Waals surface area (Å²) in [5.41, 5.74) is 2.54. The SMILES string of the molecule is Cc1cc(Br)cc(C)c1OCC(=O)Nc1ccccc1Cl. The summed E-state index contributed by atoms with van der Waals surface area (Å²) in [6.07, 6.45) is 0. The van der Waals surface area contributed by atoms with Crippen molar-refractivity contribution in [3.8, 4) is 5.75 Å². The lowest BCUT2D eigenvalue weighted by atomic mass is 10.1. The van der Waals surface area contributed by atoms with Gasteiger partial charge in [-0.3, -0.25) is 4.79 Å². The van der Waals surface area contributed by atoms with E-state index >= 15 is 0 Å². The number of para-hydroxylation sites is 1. The molecule has 110 valence electrons. The Morgan fingerprint density at radius 2 is 1.86 bits per heavy atom. The molecule has 0 radical (unpaired) electrons. The van der Waals surface area contributed by atoms with E-state index in [0.717, 1.165) is 21.3 Å². The summed E-state index contributed by atoms with van der Waals surface area (Å²) in [4.78, 5) is 11.9. The first-order valence-electron chi connectivity index (χ1n) is 6.41. The Morgan fingerprint density at radius 1 is 1.24 bits per heavy atom. The summed E-state index contributed by atoms with van der Waals surface area (Å²) < 4.78 is 6.61. The molecule has 0 saturated heterocycles. The average molecular weight is 369 g/mol. The molecule has 1 N–H and O–H groups in total. The summed E-state index contributed by atoms with van der Waals surface area (Å²) in [5.74, 6) is 0.484. The fraction of sp³-hybridized carbons (Fsp3) is 0.188. The zero-order valence-corrected chi connectivity index (χ0v) is 14.1. The lowest BCUT2D eigenvalue weighted by Gasteiger charge is -2.13. The van der Waals surface area contributed by atoms with E-state index in [1.807, 2.05) is 38.1 Å². The molecule has 0 heterocycles. The minimum absolute atomic E-state index is 0.0610. The maximum absolute atomic E-state index is 11.9. The van der Waals surface area contributed by atoms with Gasteiger partial charge in [0.2, 0.25) is 0 Å². The largest absolute Gasteiger partial charge is 0.483 e. The first kappa shape index (κ1) is 15.9. The molecule has 0 aliphatic heterocycles. The van der Waals surface area contributed by atoms with Crippen molar-refractivity contribution in [2.75, 3.05) is 11.9 Å². The highest BCUT2D eigenvalue weighted by Crippen LogP contribution is 2.27. The number of ether oxygens (including phenoxy) is 1. The third-order valence-corrected chi connectivity index (χ3v) is 3.71. The molecule has 21 heavy (non-hydrogen) atoms. The first-order chi connectivity index (χ1) is 9.97. The van der Waals surface area contributed by atoms with Crippen molar-refractivity contribution in [3.63, 3.8) is 0 Å². The molecule has 0 aliphatic carbocycles. The van der Waals surface area contributed by atoms with Gasteiger partial charge in [0.05, 0.1) is 10.7 Å². The fourth-order valence-corrected chi connectivity index (χ4v) is 2.88. The highest BCUT2D eigenvalue weighted by molar-refractivity contribution is 9.10. The maximum atomic E-state index is 11.9. The molecule has 0 bridgehead atoms. The number of anilines is 1. The van der Waals surface area contributed by atoms with Crippen LogP contribution in [0.5, 0.6) is 5.75 Å². The molecule has 5 heteroatoms. The quantitative estimate of drug-likeness (QED) is 0.846. The molecule has 0 aromatic heterocycles. The van der Waals surface area contributed by atoms with Crippen molar-refractivity contribution in [1.82, 2.24) is 0 Å². The van der Waals surface area contributed by atoms with Crippen molar-refractivity contribution >= 4 is 39.1 Å². The van der Waals surface area contributed by atoms with Crippen molar-refractivity contribution in [1.29, 1.82) is 0 Å². The predicted molar refractivity (Wildman–Crippen MR) is 89.2 cm³/mol. The van der Waals surface area contributed by atoms with Crippen LogP contribution in [0.4, 0.5) is 5.69 Å². The number of halogens is 2. The molecule has 0 spiro atoms. The van der Waals surface area contributed by atoms with Gasteiger partial charge >= 0.3 is 0 Å². The van der Waals surface area contributed by atoms with E-state index in [-0.39, 0.29) is 12.5 Å². The lowest BCUT2D eigenvalue weighted by Crippen LogP contribution is -2.20. The van der Waals surface area contributed by atoms with Gasteiger partial charge in [-0.15, -0.1) is 0 Å². The molecule has 0 aliphatic rings. The van der Waals surface area contributed by atoms with E-state index in [2.05, 4.69) is 21.2 Å². The monoisotopic (exact) mass is 367 g/mol. The summed E-state index contributed by atoms with van der Waals surface area (Å²) >= 11 is 9.42. The van der Waals surface area contributed by atoms with Crippen LogP contribution in [0.25, 0.3) is 0 Å². The minimum atomic E-state index is -0.246. The Balaban J connectivity index is 2.01. The third-order valence-electron chi connectivity index (χ3n) is 2.92. The van der Waals surface area contributed by atoms with Gasteiger partial charge in [0.15, 0.2) is 6.61 Å². The van der Waals surface area contributed by atoms with Crippen LogP contribution in [0, 0.1) is 13.8 Å². The molecule has 2 aromatic carbocycles. The van der Waals surface area contributed by atoms with Crippen molar-refractivity contribution in [2.45, 2.75) is 13.8 Å². The maximum Gasteiger partial charge on any atom is 0.262 e. The van der Waals surface area contributed by atoms with Gasteiger partial charge in [0.1, 0.15) is 5.75 Å². The third kappa shape index (κ3) is 4.22. The summed E-state index contributed by atoms with van der Waals surface area (Å²) in [5, 5.41) is 3.23. The summed E-state index contributed by atoms with van der Waals surface area (Å²) in [7, 11) is 0. The fourth-order valence-electron chi connectivity index (χ4n) is 2.01. The van der Waals surface area contributed by atoms with Crippen molar-refractivity contribution < 1.29 is 9.53 Å². The second kappa shape index (κ2) is 6.96. The smallest absolute Gasteiger partial charge is 0.262 e. The van der Waals surface area contributed by atoms with E-state index in [1.54, 1.807) is 12.1 Å². The number of amides is 1. The van der Waals surface area contributed by atoms with Gasteiger partial charge in [-0.25, -0.2) is 0 Å². The molecule has 2 rings (SSSR count). The molecular weight excluding hydrogens is 354 g/mol. The lowest BCUT2D eigenvalue weighted by molar-refractivity contribution is -0.118. The van der Waals surface area contributed by atoms with Crippen LogP contribution in [0.2, 0.25) is 5.02 Å². The number of carbonyl (C=O) groups is 1. The number of hydrogen-bond acceptors (Lipinski definition) is 2. The van der Waals surface area contributed by atoms with E-state index in [4.69, 9.17) is 16.3 Å². The first-order valence-corrected chi connectivity index (χ1v) is 7.58. The molecule has 0 fully saturated rings. The Labute approximate surface area is 137 Å². The minimum Gasteiger partial charge on any atom is -0.483 e. The topological polar surface area (TPSA) is 38.3 Å². The number of rotatable bonds is 4. The average Bonchev–Trinajstić information content (AvgIpc) is 2.40. The van der Waals surface area contributed by atoms with Crippen molar-refractivity contribution in [3.05, 3.63) is 57.0 Å². The van der Waals surface area contributed by atoms with Crippen LogP contribution >= 0.6 is 27.5 Å². The standard InChI is InChI=1S/C16H15BrClNO2/c1-10-7-12(17)8-11(2)16(10)21-9-15(20)19-14-6-4-3-5-13(14)18/h3-8H,9H2,1-2H3,(H,19,20). The molecule has 3 nitrogen and oxygen atoms in total. The Hall–Kier alpha value is -1.52. The molecule has 0 unspecified atom stereocenters. The van der Waals surface area contributed by atoms with Gasteiger partial charge < -0.3 is 10.1 Å². The number of carbonyl (C=O) groups excluding carboxylic acids is 1. The van der Waals surface area contributed by atoms with Crippen LogP contribution in [-0.2, 0) is 4.79 Å². The highest BCUT2D eigenvalue weighted by Gasteiger charge is 2.10. The van der Waals surface area contributed by atoms with E-state index in [0.29, 0.717) is 10.7 Å². The predicted octanol–water partition coefficient (Wildman–Crippen LogP) is 4.74. The molecular formula is C16H15BrClNO2. The number of aryl methyl sites for hydroxylation is 2. The zero-order chi connectivity index (χ0) is 15.4. The van der Waals surface area contributed by atoms with Gasteiger partial charge in [-0.2, -0.15) is 0 Å². The van der Waals surface area contributed by atoms with Crippen LogP contribution in [0.1, 0.15) is 11.1 Å².